The van der Waals surface area contributed by atoms with E-state index in [9.17, 15) is 0 Å². The van der Waals surface area contributed by atoms with E-state index in [-0.39, 0.29) is 0 Å². The molecule has 3 heteroatoms. The molecular weight excluding hydrogens is 188 g/mol. The van der Waals surface area contributed by atoms with Crippen molar-refractivity contribution in [3.63, 3.8) is 0 Å². The van der Waals surface area contributed by atoms with Gasteiger partial charge in [0.1, 0.15) is 0 Å². The van der Waals surface area contributed by atoms with Crippen LogP contribution in [0.4, 0.5) is 0 Å². The number of hydrogen-bond acceptors (Lipinski definition) is 3. The molecule has 0 aliphatic carbocycles. The molecule has 82 valence electrons. The lowest BCUT2D eigenvalue weighted by molar-refractivity contribution is 0.140. The summed E-state index contributed by atoms with van der Waals surface area (Å²) in [5, 5.41) is 3.30. The van der Waals surface area contributed by atoms with Gasteiger partial charge < -0.3 is 10.1 Å². The Morgan fingerprint density at radius 3 is 2.87 bits per heavy atom. The second kappa shape index (κ2) is 8.15. The van der Waals surface area contributed by atoms with Gasteiger partial charge in [-0.2, -0.15) is 0 Å². The molecule has 0 bridgehead atoms. The summed E-state index contributed by atoms with van der Waals surface area (Å²) in [7, 11) is 0. The van der Waals surface area contributed by atoms with Crippen LogP contribution in [0.5, 0.6) is 0 Å². The predicted octanol–water partition coefficient (Wildman–Crippen LogP) is 1.76. The average molecular weight is 206 g/mol. The zero-order valence-electron chi connectivity index (χ0n) is 8.98. The van der Waals surface area contributed by atoms with Gasteiger partial charge in [-0.05, 0) is 24.1 Å². The molecule has 0 fully saturated rings. The number of nitrogens with one attached hydrogen (secondary N) is 1. The lowest BCUT2D eigenvalue weighted by atomic mass is 10.3. The molecule has 0 saturated carbocycles. The molecule has 3 nitrogen and oxygen atoms in total. The summed E-state index contributed by atoms with van der Waals surface area (Å²) in [6.45, 7) is 6.89. The van der Waals surface area contributed by atoms with Gasteiger partial charge in [-0.3, -0.25) is 4.98 Å². The van der Waals surface area contributed by atoms with Gasteiger partial charge in [-0.1, -0.05) is 6.08 Å². The summed E-state index contributed by atoms with van der Waals surface area (Å²) in [5.74, 6) is 0. The van der Waals surface area contributed by atoms with E-state index in [4.69, 9.17) is 4.74 Å². The molecular formula is C12H18N2O. The zero-order chi connectivity index (χ0) is 10.8. The summed E-state index contributed by atoms with van der Waals surface area (Å²) >= 11 is 0. The third-order valence-corrected chi connectivity index (χ3v) is 1.97. The maximum Gasteiger partial charge on any atom is 0.0591 e. The SMILES string of the molecule is C=CCCOCCNCc1ccncc1. The molecule has 1 heterocycles. The predicted molar refractivity (Wildman–Crippen MR) is 61.6 cm³/mol. The second-order valence-electron chi connectivity index (χ2n) is 3.22. The van der Waals surface area contributed by atoms with E-state index in [0.717, 1.165) is 32.7 Å². The number of rotatable bonds is 8. The van der Waals surface area contributed by atoms with Crippen LogP contribution in [0.1, 0.15) is 12.0 Å². The highest BCUT2D eigenvalue weighted by Gasteiger charge is 1.91. The zero-order valence-corrected chi connectivity index (χ0v) is 8.98. The standard InChI is InChI=1S/C12H18N2O/c1-2-3-9-15-10-8-14-11-12-4-6-13-7-5-12/h2,4-7,14H,1,3,8-11H2. The molecule has 0 aromatic carbocycles. The molecule has 0 unspecified atom stereocenters. The fraction of sp³-hybridized carbons (Fsp3) is 0.417. The third-order valence-electron chi connectivity index (χ3n) is 1.97. The van der Waals surface area contributed by atoms with Gasteiger partial charge in [0.2, 0.25) is 0 Å². The minimum absolute atomic E-state index is 0.749. The van der Waals surface area contributed by atoms with Crippen molar-refractivity contribution in [2.24, 2.45) is 0 Å². The molecule has 1 aromatic heterocycles. The molecule has 15 heavy (non-hydrogen) atoms. The van der Waals surface area contributed by atoms with Crippen LogP contribution in [-0.4, -0.2) is 24.7 Å². The van der Waals surface area contributed by atoms with E-state index in [1.807, 2.05) is 18.2 Å². The number of pyridine rings is 1. The molecule has 0 radical (unpaired) electrons. The third kappa shape index (κ3) is 5.99. The van der Waals surface area contributed by atoms with Crippen molar-refractivity contribution in [3.05, 3.63) is 42.7 Å². The Morgan fingerprint density at radius 1 is 1.33 bits per heavy atom. The second-order valence-corrected chi connectivity index (χ2v) is 3.22. The normalized spacial score (nSPS) is 10.1. The van der Waals surface area contributed by atoms with Crippen LogP contribution in [0.2, 0.25) is 0 Å². The van der Waals surface area contributed by atoms with Crippen molar-refractivity contribution >= 4 is 0 Å². The maximum absolute atomic E-state index is 5.37. The molecule has 1 aromatic rings. The highest BCUT2D eigenvalue weighted by atomic mass is 16.5. The van der Waals surface area contributed by atoms with Gasteiger partial charge in [0, 0.05) is 25.5 Å². The van der Waals surface area contributed by atoms with Gasteiger partial charge in [0.15, 0.2) is 0 Å². The summed E-state index contributed by atoms with van der Waals surface area (Å²) in [6, 6.07) is 4.01. The van der Waals surface area contributed by atoms with E-state index >= 15 is 0 Å². The van der Waals surface area contributed by atoms with E-state index in [1.54, 1.807) is 12.4 Å². The van der Waals surface area contributed by atoms with Crippen molar-refractivity contribution < 1.29 is 4.74 Å². The molecule has 0 amide bonds. The Hall–Kier alpha value is -1.19. The summed E-state index contributed by atoms with van der Waals surface area (Å²) in [5.41, 5.74) is 1.25. The van der Waals surface area contributed by atoms with E-state index < -0.39 is 0 Å². The molecule has 0 atom stereocenters. The molecule has 1 rings (SSSR count). The summed E-state index contributed by atoms with van der Waals surface area (Å²) in [4.78, 5) is 3.96. The van der Waals surface area contributed by atoms with Crippen LogP contribution in [0.15, 0.2) is 37.2 Å². The van der Waals surface area contributed by atoms with E-state index in [1.165, 1.54) is 5.56 Å². The van der Waals surface area contributed by atoms with Crippen LogP contribution in [-0.2, 0) is 11.3 Å². The first-order valence-corrected chi connectivity index (χ1v) is 5.21. The van der Waals surface area contributed by atoms with Crippen LogP contribution >= 0.6 is 0 Å². The van der Waals surface area contributed by atoms with E-state index in [0.29, 0.717) is 0 Å². The monoisotopic (exact) mass is 206 g/mol. The molecule has 1 N–H and O–H groups in total. The number of ether oxygens (including phenoxy) is 1. The Morgan fingerprint density at radius 2 is 2.13 bits per heavy atom. The maximum atomic E-state index is 5.37. The molecule has 0 aliphatic heterocycles. The fourth-order valence-corrected chi connectivity index (χ4v) is 1.15. The summed E-state index contributed by atoms with van der Waals surface area (Å²) in [6.07, 6.45) is 6.39. The minimum Gasteiger partial charge on any atom is -0.380 e. The summed E-state index contributed by atoms with van der Waals surface area (Å²) < 4.78 is 5.37. The Labute approximate surface area is 91.2 Å². The van der Waals surface area contributed by atoms with Gasteiger partial charge in [-0.25, -0.2) is 0 Å². The van der Waals surface area contributed by atoms with E-state index in [2.05, 4.69) is 16.9 Å². The van der Waals surface area contributed by atoms with Gasteiger partial charge >= 0.3 is 0 Å². The fourth-order valence-electron chi connectivity index (χ4n) is 1.15. The van der Waals surface area contributed by atoms with Crippen molar-refractivity contribution in [1.29, 1.82) is 0 Å². The van der Waals surface area contributed by atoms with Gasteiger partial charge in [-0.15, -0.1) is 6.58 Å². The first-order valence-electron chi connectivity index (χ1n) is 5.21. The van der Waals surface area contributed by atoms with Crippen molar-refractivity contribution in [1.82, 2.24) is 10.3 Å². The average Bonchev–Trinajstić information content (AvgIpc) is 2.29. The smallest absolute Gasteiger partial charge is 0.0591 e. The minimum atomic E-state index is 0.749. The molecule has 0 spiro atoms. The molecule has 0 aliphatic rings. The van der Waals surface area contributed by atoms with Crippen molar-refractivity contribution in [3.8, 4) is 0 Å². The number of hydrogen-bond donors (Lipinski definition) is 1. The lowest BCUT2D eigenvalue weighted by Crippen LogP contribution is -2.19. The molecule has 0 saturated heterocycles. The first kappa shape index (κ1) is 11.9. The van der Waals surface area contributed by atoms with Crippen LogP contribution in [0.25, 0.3) is 0 Å². The van der Waals surface area contributed by atoms with Crippen LogP contribution in [0.3, 0.4) is 0 Å². The first-order chi connectivity index (χ1) is 7.43. The van der Waals surface area contributed by atoms with Crippen molar-refractivity contribution in [2.75, 3.05) is 19.8 Å². The highest BCUT2D eigenvalue weighted by molar-refractivity contribution is 5.08. The number of nitrogens with zero attached hydrogens (tertiary/aromatic N) is 1. The van der Waals surface area contributed by atoms with Gasteiger partial charge in [0.25, 0.3) is 0 Å². The largest absolute Gasteiger partial charge is 0.380 e. The van der Waals surface area contributed by atoms with Gasteiger partial charge in [0.05, 0.1) is 13.2 Å². The Bertz CT molecular complexity index is 262. The lowest BCUT2D eigenvalue weighted by Gasteiger charge is -2.05. The van der Waals surface area contributed by atoms with Crippen molar-refractivity contribution in [2.45, 2.75) is 13.0 Å². The van der Waals surface area contributed by atoms with Crippen LogP contribution in [0, 0.1) is 0 Å². The highest BCUT2D eigenvalue weighted by Crippen LogP contribution is 1.94. The number of aromatic nitrogens is 1. The quantitative estimate of drug-likeness (QED) is 0.520. The Balaban J connectivity index is 1.95. The Kier molecular flexibility index (Phi) is 6.45. The van der Waals surface area contributed by atoms with Crippen LogP contribution < -0.4 is 5.32 Å². The topological polar surface area (TPSA) is 34.1 Å².